The molecule has 3 unspecified atom stereocenters. The number of carbonyl (C=O) groups excluding carboxylic acids is 1. The summed E-state index contributed by atoms with van der Waals surface area (Å²) in [4.78, 5) is 14.3. The summed E-state index contributed by atoms with van der Waals surface area (Å²) in [5.41, 5.74) is 0. The van der Waals surface area contributed by atoms with Crippen LogP contribution < -0.4 is 10.6 Å². The van der Waals surface area contributed by atoms with E-state index in [1.807, 2.05) is 0 Å². The molecule has 6 nitrogen and oxygen atoms in total. The fourth-order valence-electron chi connectivity index (χ4n) is 2.84. The van der Waals surface area contributed by atoms with Gasteiger partial charge in [-0.3, -0.25) is 9.69 Å². The van der Waals surface area contributed by atoms with Crippen LogP contribution in [0.3, 0.4) is 0 Å². The zero-order valence-electron chi connectivity index (χ0n) is 13.4. The first-order chi connectivity index (χ1) is 9.65. The van der Waals surface area contributed by atoms with Crippen molar-refractivity contribution in [3.05, 3.63) is 0 Å². The molecule has 2 saturated heterocycles. The van der Waals surface area contributed by atoms with Gasteiger partial charge in [-0.15, -0.1) is 24.8 Å². The molecule has 22 heavy (non-hydrogen) atoms. The van der Waals surface area contributed by atoms with Gasteiger partial charge in [0.2, 0.25) is 5.91 Å². The van der Waals surface area contributed by atoms with Gasteiger partial charge in [0, 0.05) is 32.7 Å². The van der Waals surface area contributed by atoms with E-state index in [-0.39, 0.29) is 36.8 Å². The number of halogens is 2. The van der Waals surface area contributed by atoms with E-state index in [0.29, 0.717) is 25.4 Å². The first-order valence-electron chi connectivity index (χ1n) is 7.62. The predicted molar refractivity (Wildman–Crippen MR) is 91.2 cm³/mol. The molecule has 2 aliphatic heterocycles. The highest BCUT2D eigenvalue weighted by Gasteiger charge is 2.22. The van der Waals surface area contributed by atoms with E-state index in [1.165, 1.54) is 0 Å². The summed E-state index contributed by atoms with van der Waals surface area (Å²) in [6, 6.07) is -0.188. The molecule has 2 N–H and O–H groups in total. The number of hydrogen-bond acceptors (Lipinski definition) is 5. The Morgan fingerprint density at radius 1 is 1.27 bits per heavy atom. The van der Waals surface area contributed by atoms with Crippen molar-refractivity contribution >= 4 is 30.7 Å². The number of nitrogens with one attached hydrogen (secondary N) is 2. The van der Waals surface area contributed by atoms with Crippen molar-refractivity contribution in [2.75, 3.05) is 45.9 Å². The van der Waals surface area contributed by atoms with E-state index in [1.54, 1.807) is 0 Å². The quantitative estimate of drug-likeness (QED) is 0.698. The van der Waals surface area contributed by atoms with Crippen LogP contribution in [0.1, 0.15) is 20.3 Å². The molecule has 0 saturated carbocycles. The smallest absolute Gasteiger partial charge is 0.239 e. The third-order valence-electron chi connectivity index (χ3n) is 3.68. The lowest BCUT2D eigenvalue weighted by atomic mass is 10.2. The van der Waals surface area contributed by atoms with Gasteiger partial charge in [-0.2, -0.15) is 0 Å². The second-order valence-corrected chi connectivity index (χ2v) is 5.74. The van der Waals surface area contributed by atoms with E-state index >= 15 is 0 Å². The van der Waals surface area contributed by atoms with Gasteiger partial charge in [0.25, 0.3) is 0 Å². The van der Waals surface area contributed by atoms with Crippen LogP contribution in [-0.4, -0.2) is 75.0 Å². The van der Waals surface area contributed by atoms with Crippen LogP contribution in [0.15, 0.2) is 0 Å². The van der Waals surface area contributed by atoms with Crippen LogP contribution in [0, 0.1) is 0 Å². The Kier molecular flexibility index (Phi) is 11.4. The largest absolute Gasteiger partial charge is 0.378 e. The minimum absolute atomic E-state index is 0. The monoisotopic (exact) mass is 357 g/mol. The van der Waals surface area contributed by atoms with Crippen molar-refractivity contribution in [3.63, 3.8) is 0 Å². The second-order valence-electron chi connectivity index (χ2n) is 5.74. The van der Waals surface area contributed by atoms with Gasteiger partial charge in [-0.25, -0.2) is 0 Å². The average molecular weight is 358 g/mol. The lowest BCUT2D eigenvalue weighted by Crippen LogP contribution is -2.51. The Morgan fingerprint density at radius 3 is 2.55 bits per heavy atom. The molecule has 2 rings (SSSR count). The highest BCUT2D eigenvalue weighted by Crippen LogP contribution is 2.10. The summed E-state index contributed by atoms with van der Waals surface area (Å²) in [5.74, 6) is 0.0495. The topological polar surface area (TPSA) is 62.8 Å². The maximum Gasteiger partial charge on any atom is 0.239 e. The first-order valence-corrected chi connectivity index (χ1v) is 7.62. The van der Waals surface area contributed by atoms with Gasteiger partial charge in [-0.1, -0.05) is 0 Å². The number of nitrogens with zero attached hydrogens (tertiary/aromatic N) is 1. The molecule has 132 valence electrons. The number of rotatable bonds is 5. The molecule has 0 bridgehead atoms. The number of ether oxygens (including phenoxy) is 2. The Hall–Kier alpha value is -0.110. The molecule has 2 aliphatic rings. The van der Waals surface area contributed by atoms with Gasteiger partial charge < -0.3 is 20.1 Å². The number of amides is 1. The van der Waals surface area contributed by atoms with Crippen LogP contribution in [0.4, 0.5) is 0 Å². The normalized spacial score (nSPS) is 29.1. The van der Waals surface area contributed by atoms with Crippen molar-refractivity contribution in [2.24, 2.45) is 0 Å². The fourth-order valence-corrected chi connectivity index (χ4v) is 2.84. The lowest BCUT2D eigenvalue weighted by Gasteiger charge is -2.35. The van der Waals surface area contributed by atoms with Crippen molar-refractivity contribution in [1.82, 2.24) is 15.5 Å². The standard InChI is InChI=1S/C14H27N3O3.2ClH/c1-11-8-17(9-12(2)20-11)6-3-4-16-14(18)13-10-19-7-5-15-13;;/h11-13,15H,3-10H2,1-2H3,(H,16,18);2*1H. The average Bonchev–Trinajstić information content (AvgIpc) is 2.43. The molecule has 0 aliphatic carbocycles. The van der Waals surface area contributed by atoms with Gasteiger partial charge in [0.1, 0.15) is 6.04 Å². The van der Waals surface area contributed by atoms with Crippen LogP contribution in [0.5, 0.6) is 0 Å². The highest BCUT2D eigenvalue weighted by molar-refractivity contribution is 5.85. The van der Waals surface area contributed by atoms with E-state index in [9.17, 15) is 4.79 Å². The van der Waals surface area contributed by atoms with Crippen molar-refractivity contribution in [1.29, 1.82) is 0 Å². The van der Waals surface area contributed by atoms with Gasteiger partial charge in [-0.05, 0) is 20.3 Å². The third-order valence-corrected chi connectivity index (χ3v) is 3.68. The zero-order chi connectivity index (χ0) is 14.4. The molecule has 0 aromatic carbocycles. The van der Waals surface area contributed by atoms with Gasteiger partial charge in [0.05, 0.1) is 25.4 Å². The van der Waals surface area contributed by atoms with E-state index in [4.69, 9.17) is 9.47 Å². The van der Waals surface area contributed by atoms with Crippen LogP contribution in [-0.2, 0) is 14.3 Å². The molecular weight excluding hydrogens is 329 g/mol. The molecule has 3 atom stereocenters. The van der Waals surface area contributed by atoms with Gasteiger partial charge in [0.15, 0.2) is 0 Å². The molecular formula is C14H29Cl2N3O3. The minimum atomic E-state index is -0.188. The van der Waals surface area contributed by atoms with Crippen LogP contribution in [0.25, 0.3) is 0 Å². The van der Waals surface area contributed by atoms with E-state index < -0.39 is 0 Å². The van der Waals surface area contributed by atoms with Crippen molar-refractivity contribution in [2.45, 2.75) is 38.5 Å². The molecule has 2 fully saturated rings. The van der Waals surface area contributed by atoms with E-state index in [2.05, 4.69) is 29.4 Å². The molecule has 0 aromatic rings. The maximum absolute atomic E-state index is 11.9. The molecule has 8 heteroatoms. The Balaban J connectivity index is 0.00000220. The first kappa shape index (κ1) is 21.9. The summed E-state index contributed by atoms with van der Waals surface area (Å²) in [5, 5.41) is 6.13. The van der Waals surface area contributed by atoms with Crippen molar-refractivity contribution in [3.8, 4) is 0 Å². The van der Waals surface area contributed by atoms with Gasteiger partial charge >= 0.3 is 0 Å². The summed E-state index contributed by atoms with van der Waals surface area (Å²) < 4.78 is 11.0. The fraction of sp³-hybridized carbons (Fsp3) is 0.929. The van der Waals surface area contributed by atoms with Crippen LogP contribution >= 0.6 is 24.8 Å². The summed E-state index contributed by atoms with van der Waals surface area (Å²) >= 11 is 0. The Morgan fingerprint density at radius 2 is 1.95 bits per heavy atom. The SMILES string of the molecule is CC1CN(CCCNC(=O)C2COCCN2)CC(C)O1.Cl.Cl. The molecule has 2 heterocycles. The highest BCUT2D eigenvalue weighted by atomic mass is 35.5. The number of carbonyl (C=O) groups is 1. The molecule has 0 aromatic heterocycles. The summed E-state index contributed by atoms with van der Waals surface area (Å²) in [6.07, 6.45) is 1.58. The van der Waals surface area contributed by atoms with E-state index in [0.717, 1.165) is 39.1 Å². The number of hydrogen-bond donors (Lipinski definition) is 2. The summed E-state index contributed by atoms with van der Waals surface area (Å²) in [6.45, 7) is 9.83. The molecule has 0 radical (unpaired) electrons. The minimum Gasteiger partial charge on any atom is -0.378 e. The Bertz CT molecular complexity index is 308. The Labute approximate surface area is 145 Å². The lowest BCUT2D eigenvalue weighted by molar-refractivity contribution is -0.125. The predicted octanol–water partition coefficient (Wildman–Crippen LogP) is 0.434. The number of morpholine rings is 2. The summed E-state index contributed by atoms with van der Waals surface area (Å²) in [7, 11) is 0. The second kappa shape index (κ2) is 11.4. The third kappa shape index (κ3) is 7.44. The molecule has 1 amide bonds. The van der Waals surface area contributed by atoms with Crippen LogP contribution in [0.2, 0.25) is 0 Å². The molecule has 0 spiro atoms. The van der Waals surface area contributed by atoms with Crippen molar-refractivity contribution < 1.29 is 14.3 Å². The maximum atomic E-state index is 11.9. The zero-order valence-corrected chi connectivity index (χ0v) is 15.0.